The first kappa shape index (κ1) is 14.9. The van der Waals surface area contributed by atoms with Gasteiger partial charge in [-0.05, 0) is 25.3 Å². The summed E-state index contributed by atoms with van der Waals surface area (Å²) in [5.74, 6) is -1.31. The Bertz CT molecular complexity index is 668. The molecule has 4 rings (SSSR count). The van der Waals surface area contributed by atoms with Gasteiger partial charge in [-0.15, -0.1) is 11.3 Å². The van der Waals surface area contributed by atoms with Crippen molar-refractivity contribution >= 4 is 23.2 Å². The highest BCUT2D eigenvalue weighted by molar-refractivity contribution is 7.09. The van der Waals surface area contributed by atoms with Gasteiger partial charge in [-0.1, -0.05) is 18.2 Å². The topological polar surface area (TPSA) is 55.8 Å². The Kier molecular flexibility index (Phi) is 3.35. The molecular formula is C17H19NO4S. The molecule has 122 valence electrons. The van der Waals surface area contributed by atoms with Crippen LogP contribution in [-0.2, 0) is 25.6 Å². The van der Waals surface area contributed by atoms with Gasteiger partial charge in [0.1, 0.15) is 11.5 Å². The molecule has 0 saturated carbocycles. The van der Waals surface area contributed by atoms with Gasteiger partial charge in [-0.25, -0.2) is 0 Å². The van der Waals surface area contributed by atoms with Crippen LogP contribution >= 0.6 is 11.3 Å². The molecule has 2 saturated heterocycles. The number of fused-ring (bicyclic) bond motifs is 1. The normalized spacial score (nSPS) is 34.5. The molecule has 4 heterocycles. The highest BCUT2D eigenvalue weighted by Gasteiger charge is 2.67. The fourth-order valence-electron chi connectivity index (χ4n) is 3.88. The molecule has 3 aliphatic heterocycles. The van der Waals surface area contributed by atoms with Crippen LogP contribution in [0.4, 0.5) is 0 Å². The molecular weight excluding hydrogens is 314 g/mol. The standard InChI is InChI=1S/C17H19NO4S/c1-10(2)21-16(20)13-12-5-6-17(22-12)9-18(15(19)14(13)17)8-11-4-3-7-23-11/h3-7,10,12-14H,8-9H2,1-2H3/t12-,13-,14+,17-/m1/s1. The van der Waals surface area contributed by atoms with Gasteiger partial charge in [0, 0.05) is 4.88 Å². The maximum Gasteiger partial charge on any atom is 0.313 e. The van der Waals surface area contributed by atoms with E-state index < -0.39 is 17.4 Å². The predicted octanol–water partition coefficient (Wildman–Crippen LogP) is 1.98. The Morgan fingerprint density at radius 2 is 2.39 bits per heavy atom. The van der Waals surface area contributed by atoms with Crippen LogP contribution in [-0.4, -0.2) is 41.1 Å². The molecule has 2 bridgehead atoms. The molecule has 0 unspecified atom stereocenters. The van der Waals surface area contributed by atoms with E-state index in [1.165, 1.54) is 0 Å². The monoisotopic (exact) mass is 333 g/mol. The van der Waals surface area contributed by atoms with Crippen LogP contribution in [0.3, 0.4) is 0 Å². The number of amides is 1. The van der Waals surface area contributed by atoms with Gasteiger partial charge >= 0.3 is 5.97 Å². The molecule has 1 amide bonds. The quantitative estimate of drug-likeness (QED) is 0.624. The van der Waals surface area contributed by atoms with Crippen LogP contribution in [0.1, 0.15) is 18.7 Å². The highest BCUT2D eigenvalue weighted by atomic mass is 32.1. The third-order valence-corrected chi connectivity index (χ3v) is 5.59. The molecule has 1 aromatic rings. The first-order chi connectivity index (χ1) is 11.0. The van der Waals surface area contributed by atoms with E-state index in [4.69, 9.17) is 9.47 Å². The van der Waals surface area contributed by atoms with Crippen LogP contribution in [0.25, 0.3) is 0 Å². The summed E-state index contributed by atoms with van der Waals surface area (Å²) in [5.41, 5.74) is -0.653. The van der Waals surface area contributed by atoms with E-state index in [2.05, 4.69) is 0 Å². The lowest BCUT2D eigenvalue weighted by Gasteiger charge is -2.23. The molecule has 1 spiro atoms. The molecule has 0 radical (unpaired) electrons. The molecule has 0 aliphatic carbocycles. The molecule has 3 aliphatic rings. The van der Waals surface area contributed by atoms with Crippen molar-refractivity contribution in [2.75, 3.05) is 6.54 Å². The molecule has 5 nitrogen and oxygen atoms in total. The maximum atomic E-state index is 12.9. The lowest BCUT2D eigenvalue weighted by atomic mass is 9.77. The summed E-state index contributed by atoms with van der Waals surface area (Å²) in [6, 6.07) is 3.99. The Morgan fingerprint density at radius 3 is 3.09 bits per heavy atom. The van der Waals surface area contributed by atoms with Crippen molar-refractivity contribution in [3.63, 3.8) is 0 Å². The molecule has 23 heavy (non-hydrogen) atoms. The van der Waals surface area contributed by atoms with Crippen molar-refractivity contribution in [1.82, 2.24) is 4.90 Å². The second kappa shape index (κ2) is 5.18. The van der Waals surface area contributed by atoms with E-state index >= 15 is 0 Å². The summed E-state index contributed by atoms with van der Waals surface area (Å²) < 4.78 is 11.4. The second-order valence-electron chi connectivity index (χ2n) is 6.66. The van der Waals surface area contributed by atoms with Gasteiger partial charge < -0.3 is 14.4 Å². The number of likely N-dealkylation sites (tertiary alicyclic amines) is 1. The first-order valence-electron chi connectivity index (χ1n) is 7.89. The Morgan fingerprint density at radius 1 is 1.57 bits per heavy atom. The fraction of sp³-hybridized carbons (Fsp3) is 0.529. The number of ether oxygens (including phenoxy) is 2. The van der Waals surface area contributed by atoms with Crippen LogP contribution < -0.4 is 0 Å². The average molecular weight is 333 g/mol. The van der Waals surface area contributed by atoms with Crippen molar-refractivity contribution in [3.8, 4) is 0 Å². The van der Waals surface area contributed by atoms with Crippen molar-refractivity contribution in [2.24, 2.45) is 11.8 Å². The summed E-state index contributed by atoms with van der Waals surface area (Å²) in [5, 5.41) is 2.00. The molecule has 1 aromatic heterocycles. The predicted molar refractivity (Wildman–Crippen MR) is 84.7 cm³/mol. The van der Waals surface area contributed by atoms with Crippen LogP contribution in [0.15, 0.2) is 29.7 Å². The van der Waals surface area contributed by atoms with Crippen LogP contribution in [0.2, 0.25) is 0 Å². The lowest BCUT2D eigenvalue weighted by molar-refractivity contribution is -0.157. The zero-order chi connectivity index (χ0) is 16.2. The number of thiophene rings is 1. The third kappa shape index (κ3) is 2.23. The largest absolute Gasteiger partial charge is 0.463 e. The van der Waals surface area contributed by atoms with E-state index in [0.717, 1.165) is 4.88 Å². The lowest BCUT2D eigenvalue weighted by Crippen LogP contribution is -2.40. The number of carbonyl (C=O) groups is 2. The van der Waals surface area contributed by atoms with E-state index in [1.54, 1.807) is 16.2 Å². The van der Waals surface area contributed by atoms with Gasteiger partial charge in [0.15, 0.2) is 0 Å². The van der Waals surface area contributed by atoms with Crippen LogP contribution in [0.5, 0.6) is 0 Å². The first-order valence-corrected chi connectivity index (χ1v) is 8.77. The van der Waals surface area contributed by atoms with Gasteiger partial charge in [0.2, 0.25) is 5.91 Å². The summed E-state index contributed by atoms with van der Waals surface area (Å²) >= 11 is 1.63. The minimum absolute atomic E-state index is 0.00374. The summed E-state index contributed by atoms with van der Waals surface area (Å²) in [7, 11) is 0. The van der Waals surface area contributed by atoms with Gasteiger partial charge in [-0.3, -0.25) is 9.59 Å². The zero-order valence-corrected chi connectivity index (χ0v) is 13.9. The van der Waals surface area contributed by atoms with E-state index in [9.17, 15) is 9.59 Å². The smallest absolute Gasteiger partial charge is 0.313 e. The molecule has 0 N–H and O–H groups in total. The summed E-state index contributed by atoms with van der Waals surface area (Å²) in [6.07, 6.45) is 3.35. The van der Waals surface area contributed by atoms with Crippen LogP contribution in [0, 0.1) is 11.8 Å². The molecule has 2 fully saturated rings. The minimum Gasteiger partial charge on any atom is -0.463 e. The molecule has 4 atom stereocenters. The SMILES string of the molecule is CC(C)OC(=O)[C@H]1[C@H]2C(=O)N(Cc3cccs3)C[C@]23C=C[C@H]1O3. The average Bonchev–Trinajstić information content (AvgIpc) is 3.21. The van der Waals surface area contributed by atoms with Crippen molar-refractivity contribution in [2.45, 2.75) is 38.2 Å². The third-order valence-electron chi connectivity index (χ3n) is 4.73. The summed E-state index contributed by atoms with van der Waals surface area (Å²) in [6.45, 7) is 4.71. The number of nitrogens with zero attached hydrogens (tertiary/aromatic N) is 1. The van der Waals surface area contributed by atoms with Crippen molar-refractivity contribution in [1.29, 1.82) is 0 Å². The second-order valence-corrected chi connectivity index (χ2v) is 7.69. The van der Waals surface area contributed by atoms with Gasteiger partial charge in [0.05, 0.1) is 31.2 Å². The maximum absolute atomic E-state index is 12.9. The number of carbonyl (C=O) groups excluding carboxylic acids is 2. The number of esters is 1. The summed E-state index contributed by atoms with van der Waals surface area (Å²) in [4.78, 5) is 28.3. The Hall–Kier alpha value is -1.66. The Labute approximate surface area is 138 Å². The van der Waals surface area contributed by atoms with E-state index in [-0.39, 0.29) is 24.1 Å². The number of rotatable bonds is 4. The van der Waals surface area contributed by atoms with Gasteiger partial charge in [-0.2, -0.15) is 0 Å². The minimum atomic E-state index is -0.653. The van der Waals surface area contributed by atoms with Gasteiger partial charge in [0.25, 0.3) is 0 Å². The van der Waals surface area contributed by atoms with E-state index in [0.29, 0.717) is 13.1 Å². The van der Waals surface area contributed by atoms with Crippen molar-refractivity contribution in [3.05, 3.63) is 34.5 Å². The number of hydrogen-bond acceptors (Lipinski definition) is 5. The van der Waals surface area contributed by atoms with E-state index in [1.807, 2.05) is 43.5 Å². The fourth-order valence-corrected chi connectivity index (χ4v) is 4.60. The Balaban J connectivity index is 1.59. The number of hydrogen-bond donors (Lipinski definition) is 0. The molecule has 6 heteroatoms. The highest BCUT2D eigenvalue weighted by Crippen LogP contribution is 2.52. The molecule has 0 aromatic carbocycles. The van der Waals surface area contributed by atoms with Crippen molar-refractivity contribution < 1.29 is 19.1 Å². The zero-order valence-electron chi connectivity index (χ0n) is 13.1.